The molecule has 1 aliphatic carbocycles. The van der Waals surface area contributed by atoms with Crippen molar-refractivity contribution in [3.05, 3.63) is 194 Å². The summed E-state index contributed by atoms with van der Waals surface area (Å²) in [7, 11) is 0. The summed E-state index contributed by atoms with van der Waals surface area (Å²) >= 11 is 0. The summed E-state index contributed by atoms with van der Waals surface area (Å²) in [6.45, 7) is 0. The molecule has 260 valence electrons. The zero-order chi connectivity index (χ0) is 36.7. The van der Waals surface area contributed by atoms with Crippen molar-refractivity contribution < 1.29 is 0 Å². The number of hydrogen-bond donors (Lipinski definition) is 0. The van der Waals surface area contributed by atoms with E-state index < -0.39 is 0 Å². The number of fused-ring (bicyclic) bond motifs is 14. The Hall–Kier alpha value is -7.56. The van der Waals surface area contributed by atoms with Gasteiger partial charge in [-0.1, -0.05) is 152 Å². The van der Waals surface area contributed by atoms with Gasteiger partial charge in [0.25, 0.3) is 0 Å². The van der Waals surface area contributed by atoms with E-state index in [-0.39, 0.29) is 0 Å². The van der Waals surface area contributed by atoms with Gasteiger partial charge in [-0.15, -0.1) is 0 Å². The van der Waals surface area contributed by atoms with Crippen molar-refractivity contribution in [1.29, 1.82) is 0 Å². The average molecular weight is 713 g/mol. The molecule has 4 heteroatoms. The second kappa shape index (κ2) is 12.0. The lowest BCUT2D eigenvalue weighted by Gasteiger charge is -2.22. The highest BCUT2D eigenvalue weighted by molar-refractivity contribution is 6.19. The first-order valence-corrected chi connectivity index (χ1v) is 19.1. The van der Waals surface area contributed by atoms with Crippen LogP contribution in [0.2, 0.25) is 0 Å². The van der Waals surface area contributed by atoms with Crippen LogP contribution >= 0.6 is 0 Å². The van der Waals surface area contributed by atoms with Gasteiger partial charge in [0, 0.05) is 44.6 Å². The quantitative estimate of drug-likeness (QED) is 0.183. The molecule has 11 aromatic rings. The zero-order valence-electron chi connectivity index (χ0n) is 30.3. The second-order valence-corrected chi connectivity index (χ2v) is 14.6. The summed E-state index contributed by atoms with van der Waals surface area (Å²) in [4.78, 5) is 10.8. The normalized spacial score (nSPS) is 11.9. The molecule has 0 atom stereocenters. The molecule has 0 aliphatic heterocycles. The number of aromatic nitrogens is 4. The van der Waals surface area contributed by atoms with Gasteiger partial charge in [-0.05, 0) is 75.3 Å². The van der Waals surface area contributed by atoms with E-state index in [9.17, 15) is 0 Å². The Bertz CT molecular complexity index is 3350. The lowest BCUT2D eigenvalue weighted by atomic mass is 9.83. The van der Waals surface area contributed by atoms with Crippen LogP contribution in [-0.4, -0.2) is 19.1 Å². The Labute approximate surface area is 323 Å². The molecule has 0 spiro atoms. The number of rotatable bonds is 3. The van der Waals surface area contributed by atoms with Gasteiger partial charge in [-0.3, -0.25) is 4.57 Å². The molecule has 0 unspecified atom stereocenters. The van der Waals surface area contributed by atoms with Gasteiger partial charge in [0.05, 0.1) is 27.8 Å². The molecule has 0 radical (unpaired) electrons. The molecule has 0 saturated heterocycles. The molecular weight excluding hydrogens is 681 g/mol. The summed E-state index contributed by atoms with van der Waals surface area (Å²) in [6, 6.07) is 67.6. The van der Waals surface area contributed by atoms with Crippen molar-refractivity contribution in [2.24, 2.45) is 0 Å². The van der Waals surface area contributed by atoms with E-state index in [0.717, 1.165) is 50.2 Å². The highest BCUT2D eigenvalue weighted by atomic mass is 15.2. The van der Waals surface area contributed by atoms with Gasteiger partial charge in [-0.2, -0.15) is 0 Å². The third-order valence-electron chi connectivity index (χ3n) is 11.6. The highest BCUT2D eigenvalue weighted by Crippen LogP contribution is 2.47. The fraction of sp³-hybridized carbons (Fsp3) is 0. The Morgan fingerprint density at radius 1 is 0.321 bits per heavy atom. The number of para-hydroxylation sites is 2. The van der Waals surface area contributed by atoms with Crippen LogP contribution in [0.4, 0.5) is 0 Å². The fourth-order valence-electron chi connectivity index (χ4n) is 9.07. The molecule has 0 amide bonds. The molecule has 12 rings (SSSR count). The summed E-state index contributed by atoms with van der Waals surface area (Å²) in [5, 5.41) is 4.78. The standard InChI is InChI=1S/C52H32N4/c1-2-14-33(15-3-1)34-26-28-35(29-27-34)55-47-24-12-10-21-41(47)44-30-45-42-22-11-13-25-48(42)56(50(45)31-49(44)55)52-53-32-46-40-20-7-6-18-38(40)36-16-4-5-17-37(36)39-19-8-9-23-43(39)51(46)54-52/h1-32H. The van der Waals surface area contributed by atoms with Gasteiger partial charge in [-0.25, -0.2) is 9.97 Å². The second-order valence-electron chi connectivity index (χ2n) is 14.6. The predicted octanol–water partition coefficient (Wildman–Crippen LogP) is 13.3. The van der Waals surface area contributed by atoms with Gasteiger partial charge < -0.3 is 4.57 Å². The van der Waals surface area contributed by atoms with Crippen LogP contribution in [0.15, 0.2) is 194 Å². The first kappa shape index (κ1) is 30.9. The van der Waals surface area contributed by atoms with Gasteiger partial charge in [0.15, 0.2) is 0 Å². The number of nitrogens with zero attached hydrogens (tertiary/aromatic N) is 4. The van der Waals surface area contributed by atoms with Crippen molar-refractivity contribution in [2.45, 2.75) is 0 Å². The molecule has 4 nitrogen and oxygen atoms in total. The Kier molecular flexibility index (Phi) is 6.60. The minimum Gasteiger partial charge on any atom is -0.309 e. The predicted molar refractivity (Wildman–Crippen MR) is 231 cm³/mol. The third kappa shape index (κ3) is 4.47. The van der Waals surface area contributed by atoms with Crippen LogP contribution in [-0.2, 0) is 0 Å². The van der Waals surface area contributed by atoms with Crippen molar-refractivity contribution in [1.82, 2.24) is 19.1 Å². The molecule has 1 aliphatic rings. The minimum absolute atomic E-state index is 0.644. The molecule has 3 heterocycles. The number of benzene rings is 8. The van der Waals surface area contributed by atoms with E-state index in [1.165, 1.54) is 54.9 Å². The Balaban J connectivity index is 1.13. The van der Waals surface area contributed by atoms with Gasteiger partial charge >= 0.3 is 0 Å². The van der Waals surface area contributed by atoms with Crippen molar-refractivity contribution in [3.8, 4) is 67.4 Å². The monoisotopic (exact) mass is 712 g/mol. The van der Waals surface area contributed by atoms with Crippen LogP contribution in [0, 0.1) is 0 Å². The zero-order valence-corrected chi connectivity index (χ0v) is 30.3. The maximum absolute atomic E-state index is 5.56. The molecule has 8 aromatic carbocycles. The molecule has 3 aromatic heterocycles. The largest absolute Gasteiger partial charge is 0.309 e. The van der Waals surface area contributed by atoms with E-state index in [0.29, 0.717) is 5.95 Å². The summed E-state index contributed by atoms with van der Waals surface area (Å²) in [6.07, 6.45) is 2.03. The minimum atomic E-state index is 0.644. The average Bonchev–Trinajstić information content (AvgIpc) is 3.77. The Morgan fingerprint density at radius 2 is 0.786 bits per heavy atom. The van der Waals surface area contributed by atoms with Crippen LogP contribution < -0.4 is 0 Å². The SMILES string of the molecule is c1ccc(-c2ccc(-n3c4ccccc4c4cc5c6ccccc6n(-c6ncc7c(n6)-c6ccccc6-c6ccccc6-c6ccccc6-7)c5cc43)cc2)cc1. The van der Waals surface area contributed by atoms with E-state index in [1.807, 2.05) is 6.20 Å². The lowest BCUT2D eigenvalue weighted by molar-refractivity contribution is 0.993. The van der Waals surface area contributed by atoms with Crippen LogP contribution in [0.1, 0.15) is 0 Å². The molecule has 0 bridgehead atoms. The molecule has 0 fully saturated rings. The smallest absolute Gasteiger partial charge is 0.235 e. The maximum atomic E-state index is 5.56. The lowest BCUT2D eigenvalue weighted by Crippen LogP contribution is -2.05. The van der Waals surface area contributed by atoms with Crippen LogP contribution in [0.25, 0.3) is 111 Å². The van der Waals surface area contributed by atoms with E-state index in [1.54, 1.807) is 0 Å². The molecular formula is C52H32N4. The summed E-state index contributed by atoms with van der Waals surface area (Å²) < 4.78 is 4.65. The summed E-state index contributed by atoms with van der Waals surface area (Å²) in [5.41, 5.74) is 16.9. The van der Waals surface area contributed by atoms with Crippen LogP contribution in [0.5, 0.6) is 0 Å². The van der Waals surface area contributed by atoms with Crippen molar-refractivity contribution in [3.63, 3.8) is 0 Å². The van der Waals surface area contributed by atoms with Gasteiger partial charge in [0.2, 0.25) is 5.95 Å². The molecule has 56 heavy (non-hydrogen) atoms. The molecule has 0 N–H and O–H groups in total. The van der Waals surface area contributed by atoms with E-state index in [4.69, 9.17) is 9.97 Å². The summed E-state index contributed by atoms with van der Waals surface area (Å²) in [5.74, 6) is 0.644. The maximum Gasteiger partial charge on any atom is 0.235 e. The van der Waals surface area contributed by atoms with E-state index >= 15 is 0 Å². The Morgan fingerprint density at radius 3 is 1.41 bits per heavy atom. The first-order valence-electron chi connectivity index (χ1n) is 19.1. The third-order valence-corrected chi connectivity index (χ3v) is 11.6. The first-order chi connectivity index (χ1) is 27.8. The number of hydrogen-bond acceptors (Lipinski definition) is 2. The van der Waals surface area contributed by atoms with E-state index in [2.05, 4.69) is 197 Å². The highest BCUT2D eigenvalue weighted by Gasteiger charge is 2.25. The van der Waals surface area contributed by atoms with Crippen molar-refractivity contribution >= 4 is 43.6 Å². The van der Waals surface area contributed by atoms with Crippen LogP contribution in [0.3, 0.4) is 0 Å². The van der Waals surface area contributed by atoms with Gasteiger partial charge in [0.1, 0.15) is 0 Å². The molecule has 0 saturated carbocycles. The topological polar surface area (TPSA) is 35.6 Å². The fourth-order valence-corrected chi connectivity index (χ4v) is 9.07. The van der Waals surface area contributed by atoms with Crippen molar-refractivity contribution in [2.75, 3.05) is 0 Å².